The van der Waals surface area contributed by atoms with E-state index in [4.69, 9.17) is 4.98 Å². The molecule has 1 aliphatic heterocycles. The number of hydrogen-bond acceptors (Lipinski definition) is 5. The Bertz CT molecular complexity index is 1320. The highest BCUT2D eigenvalue weighted by Crippen LogP contribution is 2.30. The summed E-state index contributed by atoms with van der Waals surface area (Å²) in [5.74, 6) is 1.36. The van der Waals surface area contributed by atoms with Crippen molar-refractivity contribution in [3.8, 4) is 0 Å². The van der Waals surface area contributed by atoms with Crippen LogP contribution in [0.4, 0.5) is 5.82 Å². The maximum atomic E-state index is 4.92. The van der Waals surface area contributed by atoms with Gasteiger partial charge >= 0.3 is 0 Å². The summed E-state index contributed by atoms with van der Waals surface area (Å²) in [5, 5.41) is 11.8. The minimum atomic E-state index is 0. The van der Waals surface area contributed by atoms with Crippen molar-refractivity contribution in [3.05, 3.63) is 84.0 Å². The van der Waals surface area contributed by atoms with Gasteiger partial charge in [-0.3, -0.25) is 0 Å². The zero-order valence-electron chi connectivity index (χ0n) is 26.6. The monoisotopic (exact) mass is 572 g/mol. The minimum Gasteiger partial charge on any atom is -0.382 e. The standard InChI is InChI=1S/C33H46N6.C2H6.CH4/c1-8-11-28(12-9-2)35-25(6)31-22-34-39-20-17-27(21-32(31)39)29(10-3)30-13-14-33(37-24(30)5)36-23(4)26-15-18-38(7)19-16-26;1-2;/h10,13-14,17,20-22,26,28,35H,4,6,8-9,11-12,15-16,18-19H2,1-3,5,7H3,(H,36,37);1-2H3;1H4/b29-10-;;. The maximum Gasteiger partial charge on any atom is 0.130 e. The van der Waals surface area contributed by atoms with Gasteiger partial charge in [0.1, 0.15) is 5.82 Å². The molecule has 0 atom stereocenters. The number of anilines is 1. The van der Waals surface area contributed by atoms with E-state index >= 15 is 0 Å². The molecule has 0 aliphatic carbocycles. The smallest absolute Gasteiger partial charge is 0.130 e. The van der Waals surface area contributed by atoms with Crippen molar-refractivity contribution in [2.45, 2.75) is 93.5 Å². The maximum absolute atomic E-state index is 4.92. The molecule has 4 heterocycles. The van der Waals surface area contributed by atoms with E-state index in [2.05, 4.69) is 98.9 Å². The van der Waals surface area contributed by atoms with Crippen molar-refractivity contribution in [3.63, 3.8) is 0 Å². The molecule has 0 radical (unpaired) electrons. The predicted molar refractivity (Wildman–Crippen MR) is 184 cm³/mol. The summed E-state index contributed by atoms with van der Waals surface area (Å²) in [4.78, 5) is 7.30. The lowest BCUT2D eigenvalue weighted by Gasteiger charge is -2.30. The van der Waals surface area contributed by atoms with Crippen molar-refractivity contribution in [1.82, 2.24) is 24.8 Å². The lowest BCUT2D eigenvalue weighted by atomic mass is 9.94. The summed E-state index contributed by atoms with van der Waals surface area (Å²) in [6, 6.07) is 9.02. The Hall–Kier alpha value is -3.38. The average Bonchev–Trinajstić information content (AvgIpc) is 3.40. The number of likely N-dealkylation sites (tertiary alicyclic amines) is 1. The predicted octanol–water partition coefficient (Wildman–Crippen LogP) is 8.95. The first kappa shape index (κ1) is 34.8. The minimum absolute atomic E-state index is 0. The van der Waals surface area contributed by atoms with Gasteiger partial charge in [-0.2, -0.15) is 5.10 Å². The Kier molecular flexibility index (Phi) is 14.0. The highest BCUT2D eigenvalue weighted by Gasteiger charge is 2.20. The molecule has 1 fully saturated rings. The average molecular weight is 573 g/mol. The van der Waals surface area contributed by atoms with Crippen LogP contribution in [0.3, 0.4) is 0 Å². The van der Waals surface area contributed by atoms with Gasteiger partial charge in [-0.15, -0.1) is 0 Å². The third kappa shape index (κ3) is 8.57. The van der Waals surface area contributed by atoms with E-state index in [0.29, 0.717) is 12.0 Å². The second-order valence-corrected chi connectivity index (χ2v) is 11.0. The van der Waals surface area contributed by atoms with Crippen LogP contribution in [0.1, 0.15) is 103 Å². The van der Waals surface area contributed by atoms with Crippen LogP contribution in [0.25, 0.3) is 16.8 Å². The number of nitrogens with one attached hydrogen (secondary N) is 2. The van der Waals surface area contributed by atoms with E-state index in [-0.39, 0.29) is 7.43 Å². The van der Waals surface area contributed by atoms with Crippen molar-refractivity contribution < 1.29 is 0 Å². The van der Waals surface area contributed by atoms with Gasteiger partial charge in [0, 0.05) is 46.4 Å². The van der Waals surface area contributed by atoms with Crippen LogP contribution in [0, 0.1) is 12.8 Å². The Morgan fingerprint density at radius 3 is 2.33 bits per heavy atom. The van der Waals surface area contributed by atoms with Crippen molar-refractivity contribution >= 4 is 22.6 Å². The molecule has 0 aromatic carbocycles. The number of piperidine rings is 1. The van der Waals surface area contributed by atoms with E-state index < -0.39 is 0 Å². The number of pyridine rings is 2. The van der Waals surface area contributed by atoms with Crippen LogP contribution in [0.5, 0.6) is 0 Å². The van der Waals surface area contributed by atoms with Crippen LogP contribution < -0.4 is 10.6 Å². The molecule has 0 amide bonds. The van der Waals surface area contributed by atoms with Crippen molar-refractivity contribution in [2.75, 3.05) is 25.5 Å². The summed E-state index contributed by atoms with van der Waals surface area (Å²) in [6.07, 6.45) is 13.0. The van der Waals surface area contributed by atoms with Gasteiger partial charge in [0.25, 0.3) is 0 Å². The van der Waals surface area contributed by atoms with Crippen LogP contribution in [0.15, 0.2) is 61.6 Å². The fourth-order valence-electron chi connectivity index (χ4n) is 5.71. The first-order valence-electron chi connectivity index (χ1n) is 15.6. The molecule has 42 heavy (non-hydrogen) atoms. The zero-order valence-corrected chi connectivity index (χ0v) is 26.6. The molecule has 230 valence electrons. The summed E-state index contributed by atoms with van der Waals surface area (Å²) in [5.41, 5.74) is 8.52. The molecule has 0 bridgehead atoms. The molecule has 0 spiro atoms. The molecule has 2 N–H and O–H groups in total. The number of hydrogen-bond donors (Lipinski definition) is 2. The molecule has 6 nitrogen and oxygen atoms in total. The lowest BCUT2D eigenvalue weighted by molar-refractivity contribution is 0.239. The molecule has 4 rings (SSSR count). The van der Waals surface area contributed by atoms with Crippen LogP contribution >= 0.6 is 0 Å². The van der Waals surface area contributed by atoms with Gasteiger partial charge in [0.05, 0.1) is 11.7 Å². The number of aryl methyl sites for hydroxylation is 1. The van der Waals surface area contributed by atoms with Crippen LogP contribution in [-0.2, 0) is 0 Å². The topological polar surface area (TPSA) is 57.5 Å². The second kappa shape index (κ2) is 16.9. The summed E-state index contributed by atoms with van der Waals surface area (Å²) >= 11 is 0. The fraction of sp³-hybridized carbons (Fsp3) is 0.500. The van der Waals surface area contributed by atoms with Gasteiger partial charge < -0.3 is 15.5 Å². The van der Waals surface area contributed by atoms with E-state index in [1.165, 1.54) is 0 Å². The third-order valence-corrected chi connectivity index (χ3v) is 7.97. The van der Waals surface area contributed by atoms with E-state index in [1.54, 1.807) is 0 Å². The number of allylic oxidation sites excluding steroid dienone is 2. The first-order valence-corrected chi connectivity index (χ1v) is 15.6. The number of fused-ring (bicyclic) bond motifs is 1. The van der Waals surface area contributed by atoms with Gasteiger partial charge in [-0.05, 0) is 95.1 Å². The van der Waals surface area contributed by atoms with Gasteiger partial charge in [-0.25, -0.2) is 9.50 Å². The Labute approximate surface area is 256 Å². The Morgan fingerprint density at radius 1 is 1.07 bits per heavy atom. The fourth-order valence-corrected chi connectivity index (χ4v) is 5.71. The molecule has 1 saturated heterocycles. The molecular weight excluding hydrogens is 516 g/mol. The highest BCUT2D eigenvalue weighted by atomic mass is 15.2. The number of aromatic nitrogens is 3. The molecule has 0 saturated carbocycles. The van der Waals surface area contributed by atoms with Gasteiger partial charge in [0.15, 0.2) is 0 Å². The van der Waals surface area contributed by atoms with Crippen molar-refractivity contribution in [2.24, 2.45) is 5.92 Å². The SMILES string of the molecule is C.C=C(NC(CCC)CCC)c1cnn2ccc(/C(=C/C)c3ccc(NC(=C)C4CCN(C)CC4)nc3C)cc12.CC. The molecule has 3 aromatic heterocycles. The highest BCUT2D eigenvalue weighted by molar-refractivity contribution is 5.85. The molecule has 3 aromatic rings. The largest absolute Gasteiger partial charge is 0.382 e. The van der Waals surface area contributed by atoms with E-state index in [0.717, 1.165) is 102 Å². The lowest BCUT2D eigenvalue weighted by Crippen LogP contribution is -2.32. The molecule has 6 heteroatoms. The van der Waals surface area contributed by atoms with Gasteiger partial charge in [-0.1, -0.05) is 67.2 Å². The quantitative estimate of drug-likeness (QED) is 0.227. The third-order valence-electron chi connectivity index (χ3n) is 7.97. The Morgan fingerprint density at radius 2 is 1.74 bits per heavy atom. The van der Waals surface area contributed by atoms with E-state index in [1.807, 2.05) is 30.8 Å². The molecule has 0 unspecified atom stereocenters. The Balaban J connectivity index is 0.00000201. The zero-order chi connectivity index (χ0) is 29.9. The number of nitrogens with zero attached hydrogens (tertiary/aromatic N) is 4. The second-order valence-electron chi connectivity index (χ2n) is 11.0. The van der Waals surface area contributed by atoms with Gasteiger partial charge in [0.2, 0.25) is 0 Å². The summed E-state index contributed by atoms with van der Waals surface area (Å²) in [7, 11) is 2.18. The first-order chi connectivity index (χ1) is 19.8. The van der Waals surface area contributed by atoms with E-state index in [9.17, 15) is 0 Å². The molecular formula is C36H56N6. The summed E-state index contributed by atoms with van der Waals surface area (Å²) in [6.45, 7) is 23.6. The van der Waals surface area contributed by atoms with Crippen LogP contribution in [0.2, 0.25) is 0 Å². The van der Waals surface area contributed by atoms with Crippen LogP contribution in [-0.4, -0.2) is 45.7 Å². The number of rotatable bonds is 12. The molecule has 1 aliphatic rings. The van der Waals surface area contributed by atoms with Crippen molar-refractivity contribution in [1.29, 1.82) is 0 Å². The normalized spacial score (nSPS) is 14.2. The summed E-state index contributed by atoms with van der Waals surface area (Å²) < 4.78 is 1.93.